The SMILES string of the molecule is O=C(O)C(S)C(S)C(S)S. The lowest BCUT2D eigenvalue weighted by atomic mass is 10.3. The molecule has 2 atom stereocenters. The molecule has 2 unspecified atom stereocenters. The average Bonchev–Trinajstić information content (AvgIpc) is 1.84. The number of rotatable bonds is 3. The molecule has 0 saturated carbocycles. The van der Waals surface area contributed by atoms with E-state index < -0.39 is 16.5 Å². The van der Waals surface area contributed by atoms with E-state index in [0.717, 1.165) is 0 Å². The number of thiol groups is 4. The summed E-state index contributed by atoms with van der Waals surface area (Å²) in [6, 6.07) is 0. The first-order valence-electron chi connectivity index (χ1n) is 2.42. The van der Waals surface area contributed by atoms with Gasteiger partial charge in [-0.1, -0.05) is 0 Å². The summed E-state index contributed by atoms with van der Waals surface area (Å²) in [6.07, 6.45) is 0. The van der Waals surface area contributed by atoms with Crippen LogP contribution < -0.4 is 0 Å². The molecule has 6 heteroatoms. The van der Waals surface area contributed by atoms with Gasteiger partial charge in [0, 0.05) is 5.25 Å². The Morgan fingerprint density at radius 2 is 1.60 bits per heavy atom. The molecule has 0 amide bonds. The van der Waals surface area contributed by atoms with Crippen molar-refractivity contribution < 1.29 is 9.90 Å². The minimum absolute atomic E-state index is 0.373. The Morgan fingerprint density at radius 1 is 1.20 bits per heavy atom. The van der Waals surface area contributed by atoms with Crippen molar-refractivity contribution in [1.29, 1.82) is 0 Å². The summed E-state index contributed by atoms with van der Waals surface area (Å²) in [7, 11) is 0. The molecule has 0 aromatic heterocycles. The van der Waals surface area contributed by atoms with Crippen molar-refractivity contribution >= 4 is 56.5 Å². The van der Waals surface area contributed by atoms with E-state index >= 15 is 0 Å². The van der Waals surface area contributed by atoms with E-state index in [2.05, 4.69) is 50.5 Å². The molecule has 1 N–H and O–H groups in total. The molecule has 0 aliphatic carbocycles. The van der Waals surface area contributed by atoms with Gasteiger partial charge in [0.15, 0.2) is 0 Å². The quantitative estimate of drug-likeness (QED) is 0.358. The van der Waals surface area contributed by atoms with Crippen LogP contribution in [-0.4, -0.2) is 26.2 Å². The van der Waals surface area contributed by atoms with Gasteiger partial charge in [0.1, 0.15) is 5.25 Å². The Morgan fingerprint density at radius 3 is 1.70 bits per heavy atom. The van der Waals surface area contributed by atoms with Crippen LogP contribution in [0.15, 0.2) is 0 Å². The molecule has 0 bridgehead atoms. The van der Waals surface area contributed by atoms with Gasteiger partial charge in [-0.05, 0) is 0 Å². The summed E-state index contributed by atoms with van der Waals surface area (Å²) in [5.41, 5.74) is 0. The monoisotopic (exact) mass is 216 g/mol. The summed E-state index contributed by atoms with van der Waals surface area (Å²) in [5.74, 6) is -1.00. The molecule has 0 saturated heterocycles. The van der Waals surface area contributed by atoms with Crippen molar-refractivity contribution in [1.82, 2.24) is 0 Å². The zero-order valence-corrected chi connectivity index (χ0v) is 8.45. The number of hydrogen-bond donors (Lipinski definition) is 5. The molecular formula is C4H8O2S4. The van der Waals surface area contributed by atoms with Gasteiger partial charge in [0.25, 0.3) is 0 Å². The van der Waals surface area contributed by atoms with E-state index in [1.807, 2.05) is 0 Å². The third kappa shape index (κ3) is 3.32. The highest BCUT2D eigenvalue weighted by Gasteiger charge is 2.24. The highest BCUT2D eigenvalue weighted by atomic mass is 32.2. The third-order valence-electron chi connectivity index (χ3n) is 0.882. The lowest BCUT2D eigenvalue weighted by molar-refractivity contribution is -0.136. The summed E-state index contributed by atoms with van der Waals surface area (Å²) in [4.78, 5) is 10.3. The molecule has 60 valence electrons. The van der Waals surface area contributed by atoms with E-state index in [-0.39, 0.29) is 4.58 Å². The lowest BCUT2D eigenvalue weighted by Crippen LogP contribution is -2.29. The molecular weight excluding hydrogens is 208 g/mol. The Hall–Kier alpha value is 0.870. The van der Waals surface area contributed by atoms with Gasteiger partial charge < -0.3 is 5.11 Å². The van der Waals surface area contributed by atoms with E-state index in [1.165, 1.54) is 0 Å². The van der Waals surface area contributed by atoms with Gasteiger partial charge in [-0.2, -0.15) is 50.5 Å². The lowest BCUT2D eigenvalue weighted by Gasteiger charge is -2.16. The molecule has 0 radical (unpaired) electrons. The molecule has 0 aliphatic rings. The number of carboxylic acid groups (broad SMARTS) is 1. The Kier molecular flexibility index (Phi) is 5.10. The van der Waals surface area contributed by atoms with E-state index in [1.54, 1.807) is 0 Å². The molecule has 10 heavy (non-hydrogen) atoms. The molecule has 0 heterocycles. The van der Waals surface area contributed by atoms with E-state index in [4.69, 9.17) is 5.11 Å². The second-order valence-corrected chi connectivity index (χ2v) is 4.36. The first-order chi connectivity index (χ1) is 4.46. The van der Waals surface area contributed by atoms with E-state index in [0.29, 0.717) is 0 Å². The van der Waals surface area contributed by atoms with Gasteiger partial charge in [0.2, 0.25) is 0 Å². The Bertz CT molecular complexity index is 126. The number of hydrogen-bond acceptors (Lipinski definition) is 5. The summed E-state index contributed by atoms with van der Waals surface area (Å²) >= 11 is 15.5. The van der Waals surface area contributed by atoms with Crippen LogP contribution in [0, 0.1) is 0 Å². The van der Waals surface area contributed by atoms with Crippen molar-refractivity contribution in [2.45, 2.75) is 15.1 Å². The topological polar surface area (TPSA) is 37.3 Å². The number of aliphatic carboxylic acids is 1. The van der Waals surface area contributed by atoms with Gasteiger partial charge in [-0.3, -0.25) is 4.79 Å². The van der Waals surface area contributed by atoms with Crippen LogP contribution in [0.1, 0.15) is 0 Å². The number of carbonyl (C=O) groups is 1. The predicted octanol–water partition coefficient (Wildman–Crippen LogP) is 0.853. The largest absolute Gasteiger partial charge is 0.480 e. The first-order valence-corrected chi connectivity index (χ1v) is 4.48. The Balaban J connectivity index is 3.94. The smallest absolute Gasteiger partial charge is 0.317 e. The van der Waals surface area contributed by atoms with Gasteiger partial charge in [0.05, 0.1) is 4.58 Å². The molecule has 2 nitrogen and oxygen atoms in total. The minimum atomic E-state index is -1.00. The van der Waals surface area contributed by atoms with Crippen molar-refractivity contribution in [2.75, 3.05) is 0 Å². The normalized spacial score (nSPS) is 16.9. The summed E-state index contributed by atoms with van der Waals surface area (Å²) < 4.78 is -0.373. The van der Waals surface area contributed by atoms with E-state index in [9.17, 15) is 4.79 Å². The fraction of sp³-hybridized carbons (Fsp3) is 0.750. The molecule has 0 aliphatic heterocycles. The minimum Gasteiger partial charge on any atom is -0.480 e. The molecule has 0 spiro atoms. The van der Waals surface area contributed by atoms with Crippen molar-refractivity contribution in [3.05, 3.63) is 0 Å². The third-order valence-corrected chi connectivity index (χ3v) is 3.37. The Labute approximate surface area is 81.4 Å². The fourth-order valence-corrected chi connectivity index (χ4v) is 1.22. The molecule has 0 rings (SSSR count). The maximum Gasteiger partial charge on any atom is 0.317 e. The zero-order valence-electron chi connectivity index (χ0n) is 4.88. The van der Waals surface area contributed by atoms with Crippen molar-refractivity contribution in [2.24, 2.45) is 0 Å². The van der Waals surface area contributed by atoms with Crippen LogP contribution in [0.5, 0.6) is 0 Å². The van der Waals surface area contributed by atoms with Gasteiger partial charge in [-0.25, -0.2) is 0 Å². The second kappa shape index (κ2) is 4.69. The average molecular weight is 216 g/mol. The van der Waals surface area contributed by atoms with Gasteiger partial charge in [-0.15, -0.1) is 0 Å². The number of carboxylic acids is 1. The summed E-state index contributed by atoms with van der Waals surface area (Å²) in [6.45, 7) is 0. The highest BCUT2D eigenvalue weighted by Crippen LogP contribution is 2.19. The maximum absolute atomic E-state index is 10.3. The van der Waals surface area contributed by atoms with Crippen LogP contribution in [0.2, 0.25) is 0 Å². The fourth-order valence-electron chi connectivity index (χ4n) is 0.309. The predicted molar refractivity (Wildman–Crippen MR) is 54.9 cm³/mol. The second-order valence-electron chi connectivity index (χ2n) is 1.69. The van der Waals surface area contributed by atoms with Crippen LogP contribution in [0.4, 0.5) is 0 Å². The zero-order chi connectivity index (χ0) is 8.31. The molecule has 0 aromatic rings. The van der Waals surface area contributed by atoms with Crippen LogP contribution in [-0.2, 0) is 4.79 Å². The molecule has 0 aromatic carbocycles. The standard InChI is InChI=1S/C4H8O2S4/c5-3(6)1(7)2(8)4(9)10/h1-2,4,7-10H,(H,5,6). The van der Waals surface area contributed by atoms with Crippen molar-refractivity contribution in [3.8, 4) is 0 Å². The van der Waals surface area contributed by atoms with Crippen LogP contribution in [0.3, 0.4) is 0 Å². The van der Waals surface area contributed by atoms with Gasteiger partial charge >= 0.3 is 5.97 Å². The van der Waals surface area contributed by atoms with Crippen LogP contribution in [0.25, 0.3) is 0 Å². The van der Waals surface area contributed by atoms with Crippen molar-refractivity contribution in [3.63, 3.8) is 0 Å². The highest BCUT2D eigenvalue weighted by molar-refractivity contribution is 8.01. The maximum atomic E-state index is 10.3. The molecule has 0 fully saturated rings. The van der Waals surface area contributed by atoms with Crippen LogP contribution >= 0.6 is 50.5 Å². The summed E-state index contributed by atoms with van der Waals surface area (Å²) in [5, 5.41) is 7.14. The first kappa shape index (κ1) is 10.9.